The van der Waals surface area contributed by atoms with E-state index >= 15 is 0 Å². The van der Waals surface area contributed by atoms with Gasteiger partial charge in [-0.1, -0.05) is 13.8 Å². The Bertz CT molecular complexity index is 580. The van der Waals surface area contributed by atoms with E-state index in [2.05, 4.69) is 13.8 Å². The lowest BCUT2D eigenvalue weighted by atomic mass is 9.37. The van der Waals surface area contributed by atoms with Gasteiger partial charge in [0.1, 0.15) is 24.3 Å². The summed E-state index contributed by atoms with van der Waals surface area (Å²) in [6.07, 6.45) is 10.5. The van der Waals surface area contributed by atoms with Gasteiger partial charge in [-0.2, -0.15) is 0 Å². The van der Waals surface area contributed by atoms with E-state index in [0.29, 0.717) is 16.7 Å². The lowest BCUT2D eigenvalue weighted by Crippen LogP contribution is -2.67. The van der Waals surface area contributed by atoms with E-state index in [1.54, 1.807) is 13.2 Å². The fourth-order valence-electron chi connectivity index (χ4n) is 7.45. The molecule has 0 aromatic rings. The number of aliphatic hydroxyl groups excluding tert-OH is 1. The summed E-state index contributed by atoms with van der Waals surface area (Å²) in [7, 11) is 1.59. The smallest absolute Gasteiger partial charge is 0.147 e. The third kappa shape index (κ3) is 2.26. The predicted octanol–water partition coefficient (Wildman–Crippen LogP) is 4.13. The van der Waals surface area contributed by atoms with Gasteiger partial charge in [-0.3, -0.25) is 0 Å². The second kappa shape index (κ2) is 5.15. The minimum absolute atomic E-state index is 0.108. The van der Waals surface area contributed by atoms with Crippen LogP contribution in [0.1, 0.15) is 52.4 Å². The summed E-state index contributed by atoms with van der Waals surface area (Å²) in [5.74, 6) is 0.289. The van der Waals surface area contributed by atoms with Gasteiger partial charge in [0.2, 0.25) is 0 Å². The Morgan fingerprint density at radius 3 is 2.38 bits per heavy atom. The Balaban J connectivity index is 1.80. The summed E-state index contributed by atoms with van der Waals surface area (Å²) in [6, 6.07) is 0. The molecule has 0 aliphatic heterocycles. The second-order valence-corrected chi connectivity index (χ2v) is 9.58. The van der Waals surface area contributed by atoms with E-state index in [1.807, 2.05) is 0 Å². The highest BCUT2D eigenvalue weighted by Crippen LogP contribution is 2.73. The molecule has 5 rings (SSSR count). The standard InChI is InChI=1S/C20H29FO3/c1-17-7-14-8-18(2,10-17)12-19(9-14,11-17)20(24-13-23-3)5-4-15(21)6-16(20)22/h4-6,14,16,22H,7-13H2,1-3H3. The van der Waals surface area contributed by atoms with Crippen molar-refractivity contribution in [2.75, 3.05) is 13.9 Å². The first-order chi connectivity index (χ1) is 11.2. The maximum Gasteiger partial charge on any atom is 0.147 e. The van der Waals surface area contributed by atoms with Crippen molar-refractivity contribution in [3.05, 3.63) is 24.1 Å². The Morgan fingerprint density at radius 1 is 1.17 bits per heavy atom. The number of hydrogen-bond acceptors (Lipinski definition) is 3. The molecule has 3 nitrogen and oxygen atoms in total. The zero-order valence-electron chi connectivity index (χ0n) is 15.0. The molecule has 5 aliphatic rings. The van der Waals surface area contributed by atoms with Crippen LogP contribution in [0.4, 0.5) is 4.39 Å². The van der Waals surface area contributed by atoms with Gasteiger partial charge in [-0.25, -0.2) is 4.39 Å². The highest BCUT2D eigenvalue weighted by atomic mass is 19.1. The van der Waals surface area contributed by atoms with Gasteiger partial charge < -0.3 is 14.6 Å². The van der Waals surface area contributed by atoms with Crippen molar-refractivity contribution in [3.8, 4) is 0 Å². The molecule has 134 valence electrons. The Morgan fingerprint density at radius 2 is 1.83 bits per heavy atom. The van der Waals surface area contributed by atoms with Crippen molar-refractivity contribution < 1.29 is 19.0 Å². The first-order valence-electron chi connectivity index (χ1n) is 9.11. The van der Waals surface area contributed by atoms with Crippen molar-refractivity contribution in [2.45, 2.75) is 64.1 Å². The summed E-state index contributed by atoms with van der Waals surface area (Å²) in [5, 5.41) is 10.9. The molecule has 4 fully saturated rings. The zero-order chi connectivity index (χ0) is 17.2. The molecule has 0 heterocycles. The van der Waals surface area contributed by atoms with Gasteiger partial charge in [0.05, 0.1) is 0 Å². The van der Waals surface area contributed by atoms with Crippen molar-refractivity contribution in [1.29, 1.82) is 0 Å². The summed E-state index contributed by atoms with van der Waals surface area (Å²) in [6.45, 7) is 4.89. The molecule has 4 bridgehead atoms. The van der Waals surface area contributed by atoms with Crippen LogP contribution in [-0.4, -0.2) is 30.7 Å². The fourth-order valence-corrected chi connectivity index (χ4v) is 7.45. The Labute approximate surface area is 143 Å². The summed E-state index contributed by atoms with van der Waals surface area (Å²) >= 11 is 0. The number of ether oxygens (including phenoxy) is 2. The first kappa shape index (κ1) is 16.7. The maximum atomic E-state index is 13.7. The monoisotopic (exact) mass is 336 g/mol. The number of rotatable bonds is 4. The molecular weight excluding hydrogens is 307 g/mol. The number of allylic oxidation sites excluding steroid dienone is 2. The largest absolute Gasteiger partial charge is 0.386 e. The van der Waals surface area contributed by atoms with Crippen LogP contribution in [0.25, 0.3) is 0 Å². The normalized spacial score (nSPS) is 52.6. The molecule has 0 radical (unpaired) electrons. The van der Waals surface area contributed by atoms with Crippen LogP contribution < -0.4 is 0 Å². The van der Waals surface area contributed by atoms with Gasteiger partial charge in [0.15, 0.2) is 0 Å². The minimum atomic E-state index is -0.971. The van der Waals surface area contributed by atoms with Crippen LogP contribution in [0.3, 0.4) is 0 Å². The van der Waals surface area contributed by atoms with E-state index in [1.165, 1.54) is 31.4 Å². The van der Waals surface area contributed by atoms with E-state index in [-0.39, 0.29) is 18.0 Å². The van der Waals surface area contributed by atoms with E-state index in [4.69, 9.17) is 9.47 Å². The quantitative estimate of drug-likeness (QED) is 0.785. The van der Waals surface area contributed by atoms with Crippen LogP contribution in [0.15, 0.2) is 24.1 Å². The van der Waals surface area contributed by atoms with Crippen LogP contribution in [0.2, 0.25) is 0 Å². The molecule has 1 N–H and O–H groups in total. The second-order valence-electron chi connectivity index (χ2n) is 9.58. The molecule has 0 aromatic carbocycles. The van der Waals surface area contributed by atoms with Crippen molar-refractivity contribution in [2.24, 2.45) is 22.2 Å². The molecule has 4 atom stereocenters. The lowest BCUT2D eigenvalue weighted by molar-refractivity contribution is -0.264. The van der Waals surface area contributed by atoms with Crippen LogP contribution >= 0.6 is 0 Å². The van der Waals surface area contributed by atoms with Crippen molar-refractivity contribution in [3.63, 3.8) is 0 Å². The SMILES string of the molecule is COCOC1(C23CC4CC(C)(CC(C)(C4)C2)C3)C=CC(F)=CC1O. The lowest BCUT2D eigenvalue weighted by Gasteiger charge is -2.69. The number of methoxy groups -OCH3 is 1. The zero-order valence-corrected chi connectivity index (χ0v) is 15.0. The van der Waals surface area contributed by atoms with Gasteiger partial charge in [-0.15, -0.1) is 0 Å². The molecule has 5 aliphatic carbocycles. The average molecular weight is 336 g/mol. The molecule has 4 heteroatoms. The Hall–Kier alpha value is -0.710. The highest BCUT2D eigenvalue weighted by Gasteiger charge is 2.68. The third-order valence-corrected chi connectivity index (χ3v) is 7.12. The molecule has 4 saturated carbocycles. The van der Waals surface area contributed by atoms with Crippen LogP contribution in [0.5, 0.6) is 0 Å². The maximum absolute atomic E-state index is 13.7. The van der Waals surface area contributed by atoms with E-state index in [0.717, 1.165) is 19.3 Å². The molecule has 0 saturated heterocycles. The van der Waals surface area contributed by atoms with Crippen LogP contribution in [0, 0.1) is 22.2 Å². The molecule has 0 amide bonds. The summed E-state index contributed by atoms with van der Waals surface area (Å²) < 4.78 is 25.1. The fraction of sp³-hybridized carbons (Fsp3) is 0.800. The number of hydrogen-bond donors (Lipinski definition) is 1. The molecular formula is C20H29FO3. The number of aliphatic hydroxyl groups is 1. The van der Waals surface area contributed by atoms with E-state index < -0.39 is 11.7 Å². The van der Waals surface area contributed by atoms with Crippen molar-refractivity contribution >= 4 is 0 Å². The van der Waals surface area contributed by atoms with Gasteiger partial charge in [0, 0.05) is 12.5 Å². The van der Waals surface area contributed by atoms with E-state index in [9.17, 15) is 9.50 Å². The average Bonchev–Trinajstić information content (AvgIpc) is 2.42. The molecule has 0 aromatic heterocycles. The summed E-state index contributed by atoms with van der Waals surface area (Å²) in [5.41, 5.74) is -0.447. The number of halogens is 1. The molecule has 4 unspecified atom stereocenters. The Kier molecular flexibility index (Phi) is 3.59. The minimum Gasteiger partial charge on any atom is -0.386 e. The van der Waals surface area contributed by atoms with Gasteiger partial charge >= 0.3 is 0 Å². The highest BCUT2D eigenvalue weighted by molar-refractivity contribution is 5.33. The summed E-state index contributed by atoms with van der Waals surface area (Å²) in [4.78, 5) is 0. The molecule has 24 heavy (non-hydrogen) atoms. The van der Waals surface area contributed by atoms with Gasteiger partial charge in [-0.05, 0) is 73.5 Å². The van der Waals surface area contributed by atoms with Crippen LogP contribution in [-0.2, 0) is 9.47 Å². The topological polar surface area (TPSA) is 38.7 Å². The van der Waals surface area contributed by atoms with Gasteiger partial charge in [0.25, 0.3) is 0 Å². The molecule has 0 spiro atoms. The first-order valence-corrected chi connectivity index (χ1v) is 9.11. The predicted molar refractivity (Wildman–Crippen MR) is 89.9 cm³/mol. The van der Waals surface area contributed by atoms with Crippen molar-refractivity contribution in [1.82, 2.24) is 0 Å². The third-order valence-electron chi connectivity index (χ3n) is 7.12.